The van der Waals surface area contributed by atoms with Gasteiger partial charge in [0.15, 0.2) is 5.78 Å². The lowest BCUT2D eigenvalue weighted by Crippen LogP contribution is -2.33. The van der Waals surface area contributed by atoms with Gasteiger partial charge in [-0.2, -0.15) is 0 Å². The molecule has 0 radical (unpaired) electrons. The third kappa shape index (κ3) is 4.39. The van der Waals surface area contributed by atoms with Crippen LogP contribution in [0.25, 0.3) is 0 Å². The second kappa shape index (κ2) is 6.50. The molecule has 1 aliphatic heterocycles. The smallest absolute Gasteiger partial charge is 0.152 e. The van der Waals surface area contributed by atoms with E-state index in [1.165, 1.54) is 11.3 Å². The lowest BCUT2D eigenvalue weighted by atomic mass is 10.2. The zero-order chi connectivity index (χ0) is 12.1. The van der Waals surface area contributed by atoms with Crippen LogP contribution < -0.4 is 5.32 Å². The molecule has 0 amide bonds. The molecule has 0 bridgehead atoms. The monoisotopic (exact) mass is 272 g/mol. The number of nitrogens with one attached hydrogen (secondary N) is 1. The first kappa shape index (κ1) is 13.0. The third-order valence-electron chi connectivity index (χ3n) is 2.83. The molecule has 1 saturated heterocycles. The van der Waals surface area contributed by atoms with E-state index in [1.807, 2.05) is 12.1 Å². The van der Waals surface area contributed by atoms with Crippen LogP contribution in [0.3, 0.4) is 0 Å². The first-order chi connectivity index (χ1) is 8.24. The average Bonchev–Trinajstić information content (AvgIpc) is 2.53. The fraction of sp³-hybridized carbons (Fsp3) is 0.583. The van der Waals surface area contributed by atoms with Gasteiger partial charge in [0, 0.05) is 24.4 Å². The summed E-state index contributed by atoms with van der Waals surface area (Å²) in [6.45, 7) is 4.60. The van der Waals surface area contributed by atoms with Crippen molar-refractivity contribution < 1.29 is 4.79 Å². The molecule has 0 unspecified atom stereocenters. The Morgan fingerprint density at radius 1 is 1.41 bits per heavy atom. The summed E-state index contributed by atoms with van der Waals surface area (Å²) < 4.78 is 0.756. The molecule has 1 aliphatic rings. The molecule has 1 aromatic heterocycles. The van der Waals surface area contributed by atoms with E-state index in [4.69, 9.17) is 11.6 Å². The highest BCUT2D eigenvalue weighted by Gasteiger charge is 2.13. The highest BCUT2D eigenvalue weighted by atomic mass is 35.5. The maximum absolute atomic E-state index is 11.9. The summed E-state index contributed by atoms with van der Waals surface area (Å²) in [5.41, 5.74) is 0. The molecule has 2 heterocycles. The second-order valence-electron chi connectivity index (χ2n) is 4.30. The normalized spacial score (nSPS) is 17.9. The zero-order valence-corrected chi connectivity index (χ0v) is 11.3. The van der Waals surface area contributed by atoms with Gasteiger partial charge in [-0.15, -0.1) is 11.3 Å². The summed E-state index contributed by atoms with van der Waals surface area (Å²) in [7, 11) is 0. The molecule has 1 aromatic rings. The zero-order valence-electron chi connectivity index (χ0n) is 9.75. The van der Waals surface area contributed by atoms with Crippen LogP contribution in [0.1, 0.15) is 11.3 Å². The summed E-state index contributed by atoms with van der Waals surface area (Å²) in [5.74, 6) is 0.283. The summed E-state index contributed by atoms with van der Waals surface area (Å²) in [6.07, 6.45) is 1.64. The van der Waals surface area contributed by atoms with Crippen LogP contribution in [0.2, 0.25) is 4.34 Å². The largest absolute Gasteiger partial charge is 0.315 e. The summed E-state index contributed by atoms with van der Waals surface area (Å²) in [4.78, 5) is 15.2. The molecule has 1 N–H and O–H groups in total. The molecule has 5 heteroatoms. The van der Waals surface area contributed by atoms with Crippen molar-refractivity contribution in [1.82, 2.24) is 10.2 Å². The number of hydrogen-bond acceptors (Lipinski definition) is 4. The van der Waals surface area contributed by atoms with Crippen LogP contribution in [0.5, 0.6) is 0 Å². The molecule has 17 heavy (non-hydrogen) atoms. The predicted octanol–water partition coefficient (Wildman–Crippen LogP) is 1.81. The molecule has 2 rings (SSSR count). The molecular formula is C12H17ClN2OS. The van der Waals surface area contributed by atoms with E-state index in [2.05, 4.69) is 10.2 Å². The average molecular weight is 273 g/mol. The molecular weight excluding hydrogens is 256 g/mol. The Morgan fingerprint density at radius 2 is 2.29 bits per heavy atom. The van der Waals surface area contributed by atoms with Crippen molar-refractivity contribution >= 4 is 28.7 Å². The van der Waals surface area contributed by atoms with Gasteiger partial charge in [-0.25, -0.2) is 0 Å². The maximum Gasteiger partial charge on any atom is 0.152 e. The van der Waals surface area contributed by atoms with Gasteiger partial charge in [0.2, 0.25) is 0 Å². The van der Waals surface area contributed by atoms with E-state index in [0.29, 0.717) is 13.0 Å². The minimum absolute atomic E-state index is 0.283. The number of carbonyl (C=O) groups is 1. The number of halogens is 1. The maximum atomic E-state index is 11.9. The SMILES string of the molecule is O=C(Cc1ccc(Cl)s1)CN1CCCNCC1. The van der Waals surface area contributed by atoms with Crippen molar-refractivity contribution in [2.75, 3.05) is 32.7 Å². The lowest BCUT2D eigenvalue weighted by Gasteiger charge is -2.17. The Hall–Kier alpha value is -0.420. The van der Waals surface area contributed by atoms with Gasteiger partial charge in [0.25, 0.3) is 0 Å². The Balaban J connectivity index is 1.80. The third-order valence-corrected chi connectivity index (χ3v) is 4.06. The van der Waals surface area contributed by atoms with Crippen molar-refractivity contribution in [3.8, 4) is 0 Å². The van der Waals surface area contributed by atoms with Gasteiger partial charge in [0.1, 0.15) is 0 Å². The van der Waals surface area contributed by atoms with Crippen LogP contribution in [0.4, 0.5) is 0 Å². The number of carbonyl (C=O) groups excluding carboxylic acids is 1. The predicted molar refractivity (Wildman–Crippen MR) is 72.0 cm³/mol. The molecule has 1 fully saturated rings. The molecule has 3 nitrogen and oxygen atoms in total. The minimum atomic E-state index is 0.283. The molecule has 0 spiro atoms. The van der Waals surface area contributed by atoms with Crippen LogP contribution >= 0.6 is 22.9 Å². The van der Waals surface area contributed by atoms with E-state index in [1.54, 1.807) is 0 Å². The van der Waals surface area contributed by atoms with Crippen molar-refractivity contribution in [3.63, 3.8) is 0 Å². The number of nitrogens with zero attached hydrogens (tertiary/aromatic N) is 1. The molecule has 0 saturated carbocycles. The standard InChI is InChI=1S/C12H17ClN2OS/c13-12-3-2-11(17-12)8-10(16)9-15-6-1-4-14-5-7-15/h2-3,14H,1,4-9H2. The minimum Gasteiger partial charge on any atom is -0.315 e. The van der Waals surface area contributed by atoms with E-state index in [0.717, 1.165) is 41.8 Å². The summed E-state index contributed by atoms with van der Waals surface area (Å²) >= 11 is 7.34. The van der Waals surface area contributed by atoms with Crippen LogP contribution in [-0.2, 0) is 11.2 Å². The Labute approximate surface area is 111 Å². The van der Waals surface area contributed by atoms with Crippen LogP contribution in [0, 0.1) is 0 Å². The Morgan fingerprint density at radius 3 is 3.06 bits per heavy atom. The number of thiophene rings is 1. The highest BCUT2D eigenvalue weighted by molar-refractivity contribution is 7.16. The first-order valence-corrected chi connectivity index (χ1v) is 7.12. The first-order valence-electron chi connectivity index (χ1n) is 5.93. The van der Waals surface area contributed by atoms with Gasteiger partial charge >= 0.3 is 0 Å². The van der Waals surface area contributed by atoms with Gasteiger partial charge in [-0.05, 0) is 31.6 Å². The Bertz CT molecular complexity index is 372. The van der Waals surface area contributed by atoms with Gasteiger partial charge in [-0.3, -0.25) is 9.69 Å². The summed E-state index contributed by atoms with van der Waals surface area (Å²) in [5, 5.41) is 3.34. The van der Waals surface area contributed by atoms with E-state index in [9.17, 15) is 4.79 Å². The van der Waals surface area contributed by atoms with Crippen LogP contribution in [0.15, 0.2) is 12.1 Å². The van der Waals surface area contributed by atoms with Crippen molar-refractivity contribution in [2.24, 2.45) is 0 Å². The lowest BCUT2D eigenvalue weighted by molar-refractivity contribution is -0.119. The van der Waals surface area contributed by atoms with Crippen molar-refractivity contribution in [2.45, 2.75) is 12.8 Å². The second-order valence-corrected chi connectivity index (χ2v) is 6.10. The highest BCUT2D eigenvalue weighted by Crippen LogP contribution is 2.21. The number of hydrogen-bond donors (Lipinski definition) is 1. The van der Waals surface area contributed by atoms with Crippen molar-refractivity contribution in [3.05, 3.63) is 21.3 Å². The quantitative estimate of drug-likeness (QED) is 0.907. The van der Waals surface area contributed by atoms with E-state index < -0.39 is 0 Å². The van der Waals surface area contributed by atoms with Gasteiger partial charge < -0.3 is 5.32 Å². The number of rotatable bonds is 4. The molecule has 0 atom stereocenters. The van der Waals surface area contributed by atoms with Crippen molar-refractivity contribution in [1.29, 1.82) is 0 Å². The fourth-order valence-corrected chi connectivity index (χ4v) is 3.12. The Kier molecular flexibility index (Phi) is 4.98. The molecule has 0 aliphatic carbocycles. The number of ketones is 1. The van der Waals surface area contributed by atoms with Gasteiger partial charge in [0.05, 0.1) is 10.9 Å². The summed E-state index contributed by atoms with van der Waals surface area (Å²) in [6, 6.07) is 3.79. The topological polar surface area (TPSA) is 32.3 Å². The van der Waals surface area contributed by atoms with E-state index in [-0.39, 0.29) is 5.78 Å². The molecule has 0 aromatic carbocycles. The molecule has 94 valence electrons. The fourth-order valence-electron chi connectivity index (χ4n) is 2.01. The van der Waals surface area contributed by atoms with Gasteiger partial charge in [-0.1, -0.05) is 11.6 Å². The van der Waals surface area contributed by atoms with E-state index >= 15 is 0 Å². The number of Topliss-reactive ketones (excluding diaryl/α,β-unsaturated/α-hetero) is 1. The van der Waals surface area contributed by atoms with Crippen LogP contribution in [-0.4, -0.2) is 43.4 Å².